The summed E-state index contributed by atoms with van der Waals surface area (Å²) in [6.07, 6.45) is 1.69. The zero-order valence-electron chi connectivity index (χ0n) is 11.1. The van der Waals surface area contributed by atoms with Crippen LogP contribution in [0.2, 0.25) is 0 Å². The van der Waals surface area contributed by atoms with Gasteiger partial charge in [-0.1, -0.05) is 0 Å². The van der Waals surface area contributed by atoms with Gasteiger partial charge in [0.25, 0.3) is 5.91 Å². The van der Waals surface area contributed by atoms with E-state index in [1.165, 1.54) is 12.1 Å². The summed E-state index contributed by atoms with van der Waals surface area (Å²) in [5.41, 5.74) is 1.02. The number of benzene rings is 1. The summed E-state index contributed by atoms with van der Waals surface area (Å²) >= 11 is 3.34. The third-order valence-electron chi connectivity index (χ3n) is 3.39. The second-order valence-corrected chi connectivity index (χ2v) is 5.84. The van der Waals surface area contributed by atoms with Crippen molar-refractivity contribution < 1.29 is 9.18 Å². The first-order valence-electron chi connectivity index (χ1n) is 6.63. The molecule has 2 aromatic rings. The Labute approximate surface area is 129 Å². The van der Waals surface area contributed by atoms with Crippen LogP contribution in [0, 0.1) is 11.7 Å². The van der Waals surface area contributed by atoms with Crippen molar-refractivity contribution in [1.82, 2.24) is 20.4 Å². The van der Waals surface area contributed by atoms with Gasteiger partial charge >= 0.3 is 0 Å². The maximum Gasteiger partial charge on any atom is 0.272 e. The molecule has 1 amide bonds. The van der Waals surface area contributed by atoms with Gasteiger partial charge in [0.15, 0.2) is 5.69 Å². The normalized spacial score (nSPS) is 14.8. The number of rotatable bonds is 4. The van der Waals surface area contributed by atoms with Crippen LogP contribution in [-0.2, 0) is 0 Å². The molecule has 1 aliphatic rings. The van der Waals surface area contributed by atoms with Gasteiger partial charge in [-0.3, -0.25) is 4.79 Å². The molecular formula is C14H14BrFN4O. The van der Waals surface area contributed by atoms with Gasteiger partial charge in [-0.15, -0.1) is 0 Å². The molecule has 0 bridgehead atoms. The lowest BCUT2D eigenvalue weighted by Crippen LogP contribution is -2.48. The van der Waals surface area contributed by atoms with Crippen LogP contribution in [0.25, 0.3) is 5.69 Å². The molecule has 21 heavy (non-hydrogen) atoms. The summed E-state index contributed by atoms with van der Waals surface area (Å²) in [5, 5.41) is 10.3. The Kier molecular flexibility index (Phi) is 4.03. The van der Waals surface area contributed by atoms with Gasteiger partial charge < -0.3 is 10.6 Å². The minimum Gasteiger partial charge on any atom is -0.350 e. The quantitative estimate of drug-likeness (QED) is 0.880. The summed E-state index contributed by atoms with van der Waals surface area (Å²) in [4.78, 5) is 12.1. The van der Waals surface area contributed by atoms with Crippen molar-refractivity contribution >= 4 is 21.8 Å². The highest BCUT2D eigenvalue weighted by atomic mass is 79.9. The molecule has 1 aromatic heterocycles. The van der Waals surface area contributed by atoms with E-state index in [0.29, 0.717) is 28.3 Å². The average molecular weight is 353 g/mol. The van der Waals surface area contributed by atoms with Crippen LogP contribution in [0.3, 0.4) is 0 Å². The maximum atomic E-state index is 12.9. The van der Waals surface area contributed by atoms with Crippen LogP contribution in [-0.4, -0.2) is 35.3 Å². The smallest absolute Gasteiger partial charge is 0.272 e. The summed E-state index contributed by atoms with van der Waals surface area (Å²) in [6.45, 7) is 2.51. The van der Waals surface area contributed by atoms with E-state index in [1.807, 2.05) is 0 Å². The number of carbonyl (C=O) groups excluding carboxylic acids is 1. The molecule has 1 aliphatic heterocycles. The lowest BCUT2D eigenvalue weighted by atomic mass is 10.0. The van der Waals surface area contributed by atoms with Crippen molar-refractivity contribution in [2.45, 2.75) is 0 Å². The van der Waals surface area contributed by atoms with Gasteiger partial charge in [0.2, 0.25) is 0 Å². The topological polar surface area (TPSA) is 59.0 Å². The summed E-state index contributed by atoms with van der Waals surface area (Å²) in [7, 11) is 0. The molecule has 5 nitrogen and oxygen atoms in total. The van der Waals surface area contributed by atoms with Crippen LogP contribution in [0.15, 0.2) is 34.9 Å². The molecule has 2 heterocycles. The molecule has 0 spiro atoms. The number of nitrogens with one attached hydrogen (secondary N) is 2. The Bertz CT molecular complexity index is 651. The number of halogens is 2. The SMILES string of the molecule is O=C(NCC1CNC1)c1nn(-c2ccc(F)cc2)cc1Br. The minimum atomic E-state index is -0.308. The highest BCUT2D eigenvalue weighted by molar-refractivity contribution is 9.10. The number of aromatic nitrogens is 2. The van der Waals surface area contributed by atoms with Gasteiger partial charge in [-0.25, -0.2) is 9.07 Å². The third kappa shape index (κ3) is 3.14. The van der Waals surface area contributed by atoms with Crippen LogP contribution >= 0.6 is 15.9 Å². The Morgan fingerprint density at radius 3 is 2.76 bits per heavy atom. The van der Waals surface area contributed by atoms with Gasteiger partial charge in [0.1, 0.15) is 5.82 Å². The highest BCUT2D eigenvalue weighted by Gasteiger charge is 2.20. The third-order valence-corrected chi connectivity index (χ3v) is 3.97. The standard InChI is InChI=1S/C14H14BrFN4O/c15-12-8-20(11-3-1-10(16)2-4-11)19-13(12)14(21)18-7-9-5-17-6-9/h1-4,8-9,17H,5-7H2,(H,18,21). The number of carbonyl (C=O) groups is 1. The summed E-state index contributed by atoms with van der Waals surface area (Å²) in [5.74, 6) is -0.0291. The zero-order valence-corrected chi connectivity index (χ0v) is 12.7. The van der Waals surface area contributed by atoms with Gasteiger partial charge in [0.05, 0.1) is 10.2 Å². The van der Waals surface area contributed by atoms with Gasteiger partial charge in [0, 0.05) is 31.7 Å². The number of nitrogens with zero attached hydrogens (tertiary/aromatic N) is 2. The van der Waals surface area contributed by atoms with Crippen LogP contribution in [0.5, 0.6) is 0 Å². The van der Waals surface area contributed by atoms with Crippen LogP contribution in [0.1, 0.15) is 10.5 Å². The molecule has 0 unspecified atom stereocenters. The predicted molar refractivity (Wildman–Crippen MR) is 79.9 cm³/mol. The van der Waals surface area contributed by atoms with Gasteiger partial charge in [-0.2, -0.15) is 5.10 Å². The molecular weight excluding hydrogens is 339 g/mol. The fraction of sp³-hybridized carbons (Fsp3) is 0.286. The molecule has 0 saturated carbocycles. The van der Waals surface area contributed by atoms with E-state index in [0.717, 1.165) is 13.1 Å². The maximum absolute atomic E-state index is 12.9. The fourth-order valence-electron chi connectivity index (χ4n) is 2.05. The first kappa shape index (κ1) is 14.2. The van der Waals surface area contributed by atoms with E-state index in [4.69, 9.17) is 0 Å². The average Bonchev–Trinajstić information content (AvgIpc) is 2.80. The molecule has 1 saturated heterocycles. The molecule has 7 heteroatoms. The predicted octanol–water partition coefficient (Wildman–Crippen LogP) is 1.72. The Balaban J connectivity index is 1.73. The summed E-state index contributed by atoms with van der Waals surface area (Å²) < 4.78 is 15.1. The molecule has 0 atom stereocenters. The second-order valence-electron chi connectivity index (χ2n) is 4.98. The van der Waals surface area contributed by atoms with Crippen molar-refractivity contribution in [1.29, 1.82) is 0 Å². The molecule has 2 N–H and O–H groups in total. The monoisotopic (exact) mass is 352 g/mol. The van der Waals surface area contributed by atoms with Crippen molar-refractivity contribution in [2.24, 2.45) is 5.92 Å². The molecule has 0 aliphatic carbocycles. The molecule has 1 aromatic carbocycles. The Morgan fingerprint density at radius 1 is 1.43 bits per heavy atom. The van der Waals surface area contributed by atoms with E-state index in [1.54, 1.807) is 23.0 Å². The van der Waals surface area contributed by atoms with Crippen LogP contribution < -0.4 is 10.6 Å². The van der Waals surface area contributed by atoms with Crippen molar-refractivity contribution in [3.8, 4) is 5.69 Å². The minimum absolute atomic E-state index is 0.213. The van der Waals surface area contributed by atoms with E-state index in [9.17, 15) is 9.18 Å². The highest BCUT2D eigenvalue weighted by Crippen LogP contribution is 2.18. The second kappa shape index (κ2) is 5.95. The van der Waals surface area contributed by atoms with E-state index >= 15 is 0 Å². The Hall–Kier alpha value is -1.73. The molecule has 3 rings (SSSR count). The number of amides is 1. The zero-order chi connectivity index (χ0) is 14.8. The first-order chi connectivity index (χ1) is 10.1. The van der Waals surface area contributed by atoms with E-state index in [2.05, 4.69) is 31.7 Å². The van der Waals surface area contributed by atoms with Crippen molar-refractivity contribution in [2.75, 3.05) is 19.6 Å². The van der Waals surface area contributed by atoms with Crippen molar-refractivity contribution in [3.63, 3.8) is 0 Å². The number of hydrogen-bond acceptors (Lipinski definition) is 3. The van der Waals surface area contributed by atoms with Crippen molar-refractivity contribution in [3.05, 3.63) is 46.4 Å². The first-order valence-corrected chi connectivity index (χ1v) is 7.43. The van der Waals surface area contributed by atoms with E-state index in [-0.39, 0.29) is 11.7 Å². The molecule has 110 valence electrons. The molecule has 0 radical (unpaired) electrons. The largest absolute Gasteiger partial charge is 0.350 e. The van der Waals surface area contributed by atoms with Crippen LogP contribution in [0.4, 0.5) is 4.39 Å². The Morgan fingerprint density at radius 2 is 2.14 bits per heavy atom. The lowest BCUT2D eigenvalue weighted by Gasteiger charge is -2.26. The van der Waals surface area contributed by atoms with Gasteiger partial charge in [-0.05, 0) is 40.2 Å². The van der Waals surface area contributed by atoms with E-state index < -0.39 is 0 Å². The fourth-order valence-corrected chi connectivity index (χ4v) is 2.50. The molecule has 1 fully saturated rings. The lowest BCUT2D eigenvalue weighted by molar-refractivity contribution is 0.0936. The summed E-state index contributed by atoms with van der Waals surface area (Å²) in [6, 6.07) is 5.93. The number of hydrogen-bond donors (Lipinski definition) is 2.